The quantitative estimate of drug-likeness (QED) is 0.679. The lowest BCUT2D eigenvalue weighted by Gasteiger charge is -2.05. The molecule has 0 atom stereocenters. The van der Waals surface area contributed by atoms with Crippen molar-refractivity contribution in [3.8, 4) is 11.4 Å². The van der Waals surface area contributed by atoms with Gasteiger partial charge in [0.15, 0.2) is 0 Å². The first-order valence-electron chi connectivity index (χ1n) is 7.87. The number of nitrogens with zero attached hydrogens (tertiary/aromatic N) is 3. The number of pyridine rings is 1. The van der Waals surface area contributed by atoms with E-state index in [9.17, 15) is 9.59 Å². The molecule has 3 aromatic rings. The first-order valence-corrected chi connectivity index (χ1v) is 7.87. The smallest absolute Gasteiger partial charge is 0.337 e. The highest BCUT2D eigenvalue weighted by molar-refractivity contribution is 5.93. The van der Waals surface area contributed by atoms with Crippen molar-refractivity contribution in [2.24, 2.45) is 0 Å². The minimum Gasteiger partial charge on any atom is -0.465 e. The fraction of sp³-hybridized carbons (Fsp3) is 0.167. The summed E-state index contributed by atoms with van der Waals surface area (Å²) in [7, 11) is 1.31. The van der Waals surface area contributed by atoms with Crippen molar-refractivity contribution >= 4 is 17.6 Å². The molecule has 0 radical (unpaired) electrons. The number of hydrogen-bond donors (Lipinski definition) is 1. The number of benzene rings is 1. The lowest BCUT2D eigenvalue weighted by atomic mass is 10.2. The zero-order valence-corrected chi connectivity index (χ0v) is 14.0. The van der Waals surface area contributed by atoms with Gasteiger partial charge in [-0.3, -0.25) is 9.78 Å². The van der Waals surface area contributed by atoms with Crippen molar-refractivity contribution in [1.29, 1.82) is 0 Å². The number of amides is 1. The van der Waals surface area contributed by atoms with Crippen LogP contribution in [0.2, 0.25) is 0 Å². The van der Waals surface area contributed by atoms with Crippen LogP contribution in [0.3, 0.4) is 0 Å². The van der Waals surface area contributed by atoms with Crippen molar-refractivity contribution in [2.75, 3.05) is 12.4 Å². The predicted octanol–water partition coefficient (Wildman–Crippen LogP) is 2.49. The van der Waals surface area contributed by atoms with E-state index in [1.165, 1.54) is 7.11 Å². The van der Waals surface area contributed by atoms with E-state index in [4.69, 9.17) is 4.52 Å². The Morgan fingerprint density at radius 3 is 2.69 bits per heavy atom. The van der Waals surface area contributed by atoms with Crippen LogP contribution in [-0.2, 0) is 16.0 Å². The van der Waals surface area contributed by atoms with E-state index in [0.717, 1.165) is 5.56 Å². The van der Waals surface area contributed by atoms with Crippen molar-refractivity contribution in [2.45, 2.75) is 12.8 Å². The summed E-state index contributed by atoms with van der Waals surface area (Å²) in [6, 6.07) is 10.0. The largest absolute Gasteiger partial charge is 0.465 e. The molecule has 1 aromatic carbocycles. The molecule has 8 heteroatoms. The van der Waals surface area contributed by atoms with Crippen LogP contribution in [0.25, 0.3) is 11.4 Å². The van der Waals surface area contributed by atoms with Crippen LogP contribution in [0.15, 0.2) is 53.3 Å². The van der Waals surface area contributed by atoms with Crippen LogP contribution < -0.4 is 5.32 Å². The van der Waals surface area contributed by atoms with Gasteiger partial charge in [0, 0.05) is 36.5 Å². The van der Waals surface area contributed by atoms with Gasteiger partial charge in [-0.05, 0) is 36.4 Å². The molecule has 0 aliphatic rings. The molecule has 1 N–H and O–H groups in total. The molecule has 0 aliphatic heterocycles. The molecule has 3 rings (SSSR count). The Bertz CT molecular complexity index is 891. The van der Waals surface area contributed by atoms with E-state index >= 15 is 0 Å². The molecular formula is C18H16N4O4. The molecule has 0 fully saturated rings. The number of carbonyl (C=O) groups excluding carboxylic acids is 2. The van der Waals surface area contributed by atoms with Crippen LogP contribution in [0.1, 0.15) is 22.7 Å². The molecular weight excluding hydrogens is 336 g/mol. The van der Waals surface area contributed by atoms with Gasteiger partial charge in [-0.1, -0.05) is 5.16 Å². The predicted molar refractivity (Wildman–Crippen MR) is 92.3 cm³/mol. The average Bonchev–Trinajstić information content (AvgIpc) is 3.16. The van der Waals surface area contributed by atoms with Crippen molar-refractivity contribution in [3.63, 3.8) is 0 Å². The molecule has 0 unspecified atom stereocenters. The Kier molecular flexibility index (Phi) is 5.33. The van der Waals surface area contributed by atoms with E-state index in [1.807, 2.05) is 6.07 Å². The summed E-state index contributed by atoms with van der Waals surface area (Å²) in [5.41, 5.74) is 1.75. The van der Waals surface area contributed by atoms with Gasteiger partial charge in [-0.15, -0.1) is 0 Å². The molecule has 0 bridgehead atoms. The number of nitrogens with one attached hydrogen (secondary N) is 1. The van der Waals surface area contributed by atoms with E-state index in [-0.39, 0.29) is 12.3 Å². The maximum atomic E-state index is 12.0. The summed E-state index contributed by atoms with van der Waals surface area (Å²) in [6.45, 7) is 0. The standard InChI is InChI=1S/C18H16N4O4/c1-25-18(24)12-4-6-14(7-5-12)20-15(23)8-9-16-21-17(22-26-16)13-3-2-10-19-11-13/h2-7,10-11H,8-9H2,1H3,(H,20,23). The zero-order chi connectivity index (χ0) is 18.4. The van der Waals surface area contributed by atoms with Gasteiger partial charge in [0.2, 0.25) is 17.6 Å². The van der Waals surface area contributed by atoms with Gasteiger partial charge in [0.1, 0.15) is 0 Å². The van der Waals surface area contributed by atoms with Crippen molar-refractivity contribution in [3.05, 3.63) is 60.2 Å². The molecule has 26 heavy (non-hydrogen) atoms. The maximum Gasteiger partial charge on any atom is 0.337 e. The van der Waals surface area contributed by atoms with Gasteiger partial charge < -0.3 is 14.6 Å². The molecule has 8 nitrogen and oxygen atoms in total. The van der Waals surface area contributed by atoms with Crippen LogP contribution >= 0.6 is 0 Å². The van der Waals surface area contributed by atoms with Gasteiger partial charge >= 0.3 is 5.97 Å². The average molecular weight is 352 g/mol. The Morgan fingerprint density at radius 1 is 1.19 bits per heavy atom. The number of aromatic nitrogens is 3. The van der Waals surface area contributed by atoms with Gasteiger partial charge in [-0.2, -0.15) is 4.98 Å². The second-order valence-corrected chi connectivity index (χ2v) is 5.37. The third-order valence-electron chi connectivity index (χ3n) is 3.54. The minimum atomic E-state index is -0.427. The summed E-state index contributed by atoms with van der Waals surface area (Å²) in [5.74, 6) is 0.188. The normalized spacial score (nSPS) is 10.3. The maximum absolute atomic E-state index is 12.0. The lowest BCUT2D eigenvalue weighted by molar-refractivity contribution is -0.116. The first kappa shape index (κ1) is 17.3. The number of esters is 1. The SMILES string of the molecule is COC(=O)c1ccc(NC(=O)CCc2nc(-c3cccnc3)no2)cc1. The summed E-state index contributed by atoms with van der Waals surface area (Å²) < 4.78 is 9.78. The van der Waals surface area contributed by atoms with E-state index in [1.54, 1.807) is 42.7 Å². The number of aryl methyl sites for hydroxylation is 1. The van der Waals surface area contributed by atoms with E-state index < -0.39 is 5.97 Å². The van der Waals surface area contributed by atoms with Gasteiger partial charge in [-0.25, -0.2) is 4.79 Å². The highest BCUT2D eigenvalue weighted by Crippen LogP contribution is 2.15. The lowest BCUT2D eigenvalue weighted by Crippen LogP contribution is -2.12. The second-order valence-electron chi connectivity index (χ2n) is 5.37. The number of hydrogen-bond acceptors (Lipinski definition) is 7. The van der Waals surface area contributed by atoms with Crippen molar-refractivity contribution in [1.82, 2.24) is 15.1 Å². The van der Waals surface area contributed by atoms with Crippen LogP contribution in [-0.4, -0.2) is 34.1 Å². The summed E-state index contributed by atoms with van der Waals surface area (Å²) in [6.07, 6.45) is 3.80. The Balaban J connectivity index is 1.53. The summed E-state index contributed by atoms with van der Waals surface area (Å²) in [4.78, 5) is 31.7. The fourth-order valence-corrected chi connectivity index (χ4v) is 2.22. The Labute approximate surface area is 149 Å². The van der Waals surface area contributed by atoms with Gasteiger partial charge in [0.25, 0.3) is 0 Å². The zero-order valence-electron chi connectivity index (χ0n) is 14.0. The number of carbonyl (C=O) groups is 2. The van der Waals surface area contributed by atoms with E-state index in [0.29, 0.717) is 29.4 Å². The van der Waals surface area contributed by atoms with Crippen LogP contribution in [0.4, 0.5) is 5.69 Å². The van der Waals surface area contributed by atoms with Crippen LogP contribution in [0.5, 0.6) is 0 Å². The molecule has 2 heterocycles. The fourth-order valence-electron chi connectivity index (χ4n) is 2.22. The third-order valence-corrected chi connectivity index (χ3v) is 3.54. The first-order chi connectivity index (χ1) is 12.7. The molecule has 0 aliphatic carbocycles. The highest BCUT2D eigenvalue weighted by Gasteiger charge is 2.11. The molecule has 2 aromatic heterocycles. The Morgan fingerprint density at radius 2 is 2.00 bits per heavy atom. The molecule has 132 valence electrons. The van der Waals surface area contributed by atoms with E-state index in [2.05, 4.69) is 25.2 Å². The number of methoxy groups -OCH3 is 1. The molecule has 1 amide bonds. The highest BCUT2D eigenvalue weighted by atomic mass is 16.5. The number of anilines is 1. The number of rotatable bonds is 6. The monoisotopic (exact) mass is 352 g/mol. The molecule has 0 saturated heterocycles. The van der Waals surface area contributed by atoms with Gasteiger partial charge in [0.05, 0.1) is 12.7 Å². The topological polar surface area (TPSA) is 107 Å². The molecule has 0 spiro atoms. The minimum absolute atomic E-state index is 0.188. The van der Waals surface area contributed by atoms with Crippen LogP contribution in [0, 0.1) is 0 Å². The third kappa shape index (κ3) is 4.29. The molecule has 0 saturated carbocycles. The summed E-state index contributed by atoms with van der Waals surface area (Å²) in [5, 5.41) is 6.62. The van der Waals surface area contributed by atoms with Crippen molar-refractivity contribution < 1.29 is 18.8 Å². The second kappa shape index (κ2) is 8.02. The summed E-state index contributed by atoms with van der Waals surface area (Å²) >= 11 is 0. The number of ether oxygens (including phenoxy) is 1. The Hall–Kier alpha value is -3.55.